The molecule has 0 atom stereocenters. The number of nitrogens with one attached hydrogen (secondary N) is 3. The number of benzene rings is 2. The highest BCUT2D eigenvalue weighted by molar-refractivity contribution is 7.92. The molecule has 2 heterocycles. The van der Waals surface area contributed by atoms with E-state index in [1.54, 1.807) is 24.7 Å². The molecule has 8 nitrogen and oxygen atoms in total. The van der Waals surface area contributed by atoms with E-state index in [1.165, 1.54) is 12.1 Å². The first kappa shape index (κ1) is 20.0. The minimum absolute atomic E-state index is 0.0961. The summed E-state index contributed by atoms with van der Waals surface area (Å²) in [5.74, 6) is 0. The SMILES string of the molecule is Cc1cc(NS(=O)(=O)c2cc3[nH]c(=O)c(=O)[nH]c3cc2Cl)cc(C)c1-c1ccoc1. The normalized spacial score (nSPS) is 11.7. The van der Waals surface area contributed by atoms with E-state index in [0.717, 1.165) is 22.3 Å². The van der Waals surface area contributed by atoms with Gasteiger partial charge in [-0.15, -0.1) is 0 Å². The molecule has 4 aromatic rings. The lowest BCUT2D eigenvalue weighted by Crippen LogP contribution is -2.29. The molecule has 0 bridgehead atoms. The summed E-state index contributed by atoms with van der Waals surface area (Å²) in [6.45, 7) is 3.74. The van der Waals surface area contributed by atoms with Crippen LogP contribution in [0.25, 0.3) is 22.2 Å². The molecule has 4 rings (SSSR count). The minimum Gasteiger partial charge on any atom is -0.472 e. The summed E-state index contributed by atoms with van der Waals surface area (Å²) in [6.07, 6.45) is 3.20. The second kappa shape index (κ2) is 7.19. The molecule has 0 radical (unpaired) electrons. The quantitative estimate of drug-likeness (QED) is 0.414. The van der Waals surface area contributed by atoms with Crippen molar-refractivity contribution in [2.45, 2.75) is 18.7 Å². The van der Waals surface area contributed by atoms with Gasteiger partial charge in [-0.05, 0) is 60.9 Å². The Morgan fingerprint density at radius 3 is 2.13 bits per heavy atom. The average Bonchev–Trinajstić information content (AvgIpc) is 3.15. The number of halogens is 1. The molecular weight excluding hydrogens is 430 g/mol. The predicted octanol–water partition coefficient (Wildman–Crippen LogP) is 3.55. The first-order chi connectivity index (χ1) is 14.2. The van der Waals surface area contributed by atoms with E-state index in [9.17, 15) is 18.0 Å². The Kier molecular flexibility index (Phi) is 4.79. The largest absolute Gasteiger partial charge is 0.472 e. The zero-order valence-corrected chi connectivity index (χ0v) is 17.4. The van der Waals surface area contributed by atoms with Crippen LogP contribution in [0.15, 0.2) is 61.8 Å². The fraction of sp³-hybridized carbons (Fsp3) is 0.100. The second-order valence-electron chi connectivity index (χ2n) is 6.84. The average molecular weight is 446 g/mol. The standard InChI is InChI=1S/C20H16ClN3O5S/c1-10-5-13(6-11(2)18(10)12-3-4-29-9-12)24-30(27,28)17-8-16-15(7-14(17)21)22-19(25)20(26)23-16/h3-9,24H,1-2H3,(H,22,25)(H,23,26). The molecule has 0 unspecified atom stereocenters. The van der Waals surface area contributed by atoms with Crippen molar-refractivity contribution in [2.24, 2.45) is 0 Å². The van der Waals surface area contributed by atoms with Crippen molar-refractivity contribution in [1.82, 2.24) is 9.97 Å². The topological polar surface area (TPSA) is 125 Å². The molecule has 2 aromatic heterocycles. The summed E-state index contributed by atoms with van der Waals surface area (Å²) in [5, 5.41) is -0.0961. The van der Waals surface area contributed by atoms with E-state index < -0.39 is 21.1 Å². The number of furan rings is 1. The van der Waals surface area contributed by atoms with Gasteiger partial charge in [-0.25, -0.2) is 8.42 Å². The van der Waals surface area contributed by atoms with Gasteiger partial charge in [0.1, 0.15) is 4.90 Å². The van der Waals surface area contributed by atoms with Crippen LogP contribution in [-0.2, 0) is 10.0 Å². The van der Waals surface area contributed by atoms with Gasteiger partial charge in [-0.3, -0.25) is 14.3 Å². The van der Waals surface area contributed by atoms with Gasteiger partial charge < -0.3 is 14.4 Å². The fourth-order valence-electron chi connectivity index (χ4n) is 3.42. The van der Waals surface area contributed by atoms with Gasteiger partial charge in [0.2, 0.25) is 0 Å². The van der Waals surface area contributed by atoms with Crippen molar-refractivity contribution >= 4 is 38.3 Å². The molecule has 0 aliphatic heterocycles. The molecule has 0 saturated heterocycles. The summed E-state index contributed by atoms with van der Waals surface area (Å²) in [4.78, 5) is 27.5. The van der Waals surface area contributed by atoms with E-state index >= 15 is 0 Å². The highest BCUT2D eigenvalue weighted by Gasteiger charge is 2.21. The summed E-state index contributed by atoms with van der Waals surface area (Å²) in [6, 6.07) is 7.74. The summed E-state index contributed by atoms with van der Waals surface area (Å²) >= 11 is 6.16. The van der Waals surface area contributed by atoms with E-state index in [-0.39, 0.29) is 21.0 Å². The number of aromatic nitrogens is 2. The van der Waals surface area contributed by atoms with Crippen molar-refractivity contribution in [3.63, 3.8) is 0 Å². The third kappa shape index (κ3) is 3.53. The van der Waals surface area contributed by atoms with Gasteiger partial charge in [0, 0.05) is 11.3 Å². The van der Waals surface area contributed by atoms with Crippen molar-refractivity contribution in [3.8, 4) is 11.1 Å². The molecule has 2 aromatic carbocycles. The molecule has 154 valence electrons. The van der Waals surface area contributed by atoms with Gasteiger partial charge in [0.05, 0.1) is 28.6 Å². The maximum atomic E-state index is 13.0. The lowest BCUT2D eigenvalue weighted by Gasteiger charge is -2.14. The van der Waals surface area contributed by atoms with Crippen LogP contribution in [0.3, 0.4) is 0 Å². The van der Waals surface area contributed by atoms with Crippen LogP contribution in [0, 0.1) is 13.8 Å². The first-order valence-electron chi connectivity index (χ1n) is 8.78. The smallest absolute Gasteiger partial charge is 0.314 e. The molecule has 0 spiro atoms. The maximum absolute atomic E-state index is 13.0. The van der Waals surface area contributed by atoms with Gasteiger partial charge >= 0.3 is 11.1 Å². The number of rotatable bonds is 4. The van der Waals surface area contributed by atoms with Gasteiger partial charge in [-0.2, -0.15) is 0 Å². The maximum Gasteiger partial charge on any atom is 0.314 e. The number of H-pyrrole nitrogens is 2. The van der Waals surface area contributed by atoms with E-state index in [1.807, 2.05) is 19.9 Å². The monoisotopic (exact) mass is 445 g/mol. The molecule has 0 saturated carbocycles. The molecule has 10 heteroatoms. The Balaban J connectivity index is 1.76. The van der Waals surface area contributed by atoms with Crippen LogP contribution in [0.1, 0.15) is 11.1 Å². The van der Waals surface area contributed by atoms with Gasteiger partial charge in [-0.1, -0.05) is 11.6 Å². The molecule has 0 fully saturated rings. The van der Waals surface area contributed by atoms with Crippen LogP contribution >= 0.6 is 11.6 Å². The van der Waals surface area contributed by atoms with Crippen LogP contribution < -0.4 is 15.8 Å². The van der Waals surface area contributed by atoms with E-state index in [2.05, 4.69) is 14.7 Å². The number of hydrogen-bond donors (Lipinski definition) is 3. The second-order valence-corrected chi connectivity index (χ2v) is 8.90. The number of fused-ring (bicyclic) bond motifs is 1. The van der Waals surface area contributed by atoms with Gasteiger partial charge in [0.15, 0.2) is 0 Å². The van der Waals surface area contributed by atoms with Gasteiger partial charge in [0.25, 0.3) is 10.0 Å². The lowest BCUT2D eigenvalue weighted by molar-refractivity contribution is 0.568. The van der Waals surface area contributed by atoms with Crippen molar-refractivity contribution in [2.75, 3.05) is 4.72 Å². The Hall–Kier alpha value is -3.30. The number of aryl methyl sites for hydroxylation is 2. The zero-order chi connectivity index (χ0) is 21.6. The molecule has 0 aliphatic rings. The molecule has 0 amide bonds. The summed E-state index contributed by atoms with van der Waals surface area (Å²) in [5.41, 5.74) is 2.57. The zero-order valence-electron chi connectivity index (χ0n) is 15.9. The predicted molar refractivity (Wildman–Crippen MR) is 115 cm³/mol. The number of anilines is 1. The van der Waals surface area contributed by atoms with E-state index in [0.29, 0.717) is 5.69 Å². The Morgan fingerprint density at radius 2 is 1.57 bits per heavy atom. The third-order valence-corrected chi connectivity index (χ3v) is 6.50. The van der Waals surface area contributed by atoms with Crippen LogP contribution in [-0.4, -0.2) is 18.4 Å². The Bertz CT molecular complexity index is 1480. The Labute approximate surface area is 175 Å². The Morgan fingerprint density at radius 1 is 0.967 bits per heavy atom. The van der Waals surface area contributed by atoms with Crippen LogP contribution in [0.4, 0.5) is 5.69 Å². The molecule has 3 N–H and O–H groups in total. The summed E-state index contributed by atoms with van der Waals surface area (Å²) < 4.78 is 33.6. The van der Waals surface area contributed by atoms with Crippen molar-refractivity contribution in [1.29, 1.82) is 0 Å². The molecule has 30 heavy (non-hydrogen) atoms. The highest BCUT2D eigenvalue weighted by Crippen LogP contribution is 2.32. The van der Waals surface area contributed by atoms with Crippen LogP contribution in [0.5, 0.6) is 0 Å². The third-order valence-electron chi connectivity index (χ3n) is 4.66. The lowest BCUT2D eigenvalue weighted by atomic mass is 9.97. The molecule has 0 aliphatic carbocycles. The fourth-order valence-corrected chi connectivity index (χ4v) is 5.01. The summed E-state index contributed by atoms with van der Waals surface area (Å²) in [7, 11) is -4.07. The number of aromatic amines is 2. The number of sulfonamides is 1. The van der Waals surface area contributed by atoms with Crippen molar-refractivity contribution < 1.29 is 12.8 Å². The van der Waals surface area contributed by atoms with Crippen LogP contribution in [0.2, 0.25) is 5.02 Å². The molecular formula is C20H16ClN3O5S. The number of hydrogen-bond acceptors (Lipinski definition) is 5. The minimum atomic E-state index is -4.07. The highest BCUT2D eigenvalue weighted by atomic mass is 35.5. The van der Waals surface area contributed by atoms with E-state index in [4.69, 9.17) is 16.0 Å². The van der Waals surface area contributed by atoms with Crippen molar-refractivity contribution in [3.05, 3.63) is 79.7 Å². The first-order valence-corrected chi connectivity index (χ1v) is 10.6.